The van der Waals surface area contributed by atoms with Crippen LogP contribution in [0.25, 0.3) is 0 Å². The number of hydrogen-bond donors (Lipinski definition) is 1. The first-order valence-corrected chi connectivity index (χ1v) is 10.1. The Bertz CT molecular complexity index is 964. The van der Waals surface area contributed by atoms with Crippen LogP contribution in [-0.4, -0.2) is 35.5 Å². The van der Waals surface area contributed by atoms with Gasteiger partial charge in [0.05, 0.1) is 5.56 Å². The number of aromatic nitrogens is 2. The molecule has 0 saturated carbocycles. The average molecular weight is 437 g/mol. The summed E-state index contributed by atoms with van der Waals surface area (Å²) in [5, 5.41) is 3.85. The van der Waals surface area contributed by atoms with Crippen molar-refractivity contribution in [1.82, 2.24) is 9.36 Å². The molecule has 1 aromatic heterocycles. The molecule has 2 aromatic carbocycles. The SMILES string of the molecule is Fc1ccc(N2CCN(c3nc(NCc4ccc(C(F)(F)F)cc4)ns3)CC2)cc1. The van der Waals surface area contributed by atoms with Crippen LogP contribution >= 0.6 is 11.5 Å². The predicted octanol–water partition coefficient (Wildman–Crippen LogP) is 4.63. The van der Waals surface area contributed by atoms with Crippen molar-refractivity contribution in [3.8, 4) is 0 Å². The number of rotatable bonds is 5. The third-order valence-corrected chi connectivity index (χ3v) is 5.67. The third-order valence-electron chi connectivity index (χ3n) is 4.89. The van der Waals surface area contributed by atoms with Crippen molar-refractivity contribution in [2.75, 3.05) is 41.3 Å². The molecule has 0 bridgehead atoms. The van der Waals surface area contributed by atoms with E-state index in [2.05, 4.69) is 24.5 Å². The van der Waals surface area contributed by atoms with Crippen LogP contribution in [0.2, 0.25) is 0 Å². The minimum atomic E-state index is -4.34. The molecule has 2 heterocycles. The van der Waals surface area contributed by atoms with Gasteiger partial charge in [-0.15, -0.1) is 0 Å². The fraction of sp³-hybridized carbons (Fsp3) is 0.300. The number of nitrogens with zero attached hydrogens (tertiary/aromatic N) is 4. The molecule has 4 rings (SSSR count). The van der Waals surface area contributed by atoms with Gasteiger partial charge >= 0.3 is 6.18 Å². The Hall–Kier alpha value is -2.88. The number of alkyl halides is 3. The van der Waals surface area contributed by atoms with Gasteiger partial charge in [0.25, 0.3) is 0 Å². The van der Waals surface area contributed by atoms with E-state index in [1.54, 1.807) is 12.1 Å². The summed E-state index contributed by atoms with van der Waals surface area (Å²) in [6, 6.07) is 11.5. The van der Waals surface area contributed by atoms with Crippen LogP contribution in [0.15, 0.2) is 48.5 Å². The Labute approximate surface area is 175 Å². The first-order chi connectivity index (χ1) is 14.4. The number of piperazine rings is 1. The molecule has 0 spiro atoms. The van der Waals surface area contributed by atoms with E-state index in [-0.39, 0.29) is 5.82 Å². The Morgan fingerprint density at radius 2 is 1.53 bits per heavy atom. The minimum absolute atomic E-state index is 0.248. The highest BCUT2D eigenvalue weighted by molar-refractivity contribution is 7.09. The van der Waals surface area contributed by atoms with Crippen molar-refractivity contribution in [3.05, 3.63) is 65.5 Å². The van der Waals surface area contributed by atoms with Crippen LogP contribution in [0.5, 0.6) is 0 Å². The van der Waals surface area contributed by atoms with Crippen molar-refractivity contribution >= 4 is 28.3 Å². The van der Waals surface area contributed by atoms with Crippen LogP contribution in [0.3, 0.4) is 0 Å². The number of halogens is 4. The van der Waals surface area contributed by atoms with Gasteiger partial charge in [0.2, 0.25) is 11.1 Å². The van der Waals surface area contributed by atoms with Crippen molar-refractivity contribution in [2.45, 2.75) is 12.7 Å². The third kappa shape index (κ3) is 4.81. The van der Waals surface area contributed by atoms with E-state index in [0.29, 0.717) is 18.1 Å². The molecule has 1 aliphatic rings. The summed E-state index contributed by atoms with van der Waals surface area (Å²) in [6.07, 6.45) is -4.34. The second-order valence-electron chi connectivity index (χ2n) is 6.90. The molecule has 30 heavy (non-hydrogen) atoms. The summed E-state index contributed by atoms with van der Waals surface area (Å²) >= 11 is 1.28. The maximum absolute atomic E-state index is 13.1. The lowest BCUT2D eigenvalue weighted by molar-refractivity contribution is -0.137. The zero-order valence-corrected chi connectivity index (χ0v) is 16.7. The first-order valence-electron chi connectivity index (χ1n) is 9.38. The Balaban J connectivity index is 1.30. The van der Waals surface area contributed by atoms with Crippen LogP contribution in [-0.2, 0) is 12.7 Å². The van der Waals surface area contributed by atoms with Crippen molar-refractivity contribution < 1.29 is 17.6 Å². The van der Waals surface area contributed by atoms with Crippen molar-refractivity contribution in [1.29, 1.82) is 0 Å². The summed E-state index contributed by atoms with van der Waals surface area (Å²) in [7, 11) is 0. The molecule has 0 unspecified atom stereocenters. The Morgan fingerprint density at radius 3 is 2.17 bits per heavy atom. The maximum atomic E-state index is 13.1. The Morgan fingerprint density at radius 1 is 0.900 bits per heavy atom. The highest BCUT2D eigenvalue weighted by Crippen LogP contribution is 2.29. The van der Waals surface area contributed by atoms with E-state index in [4.69, 9.17) is 0 Å². The lowest BCUT2D eigenvalue weighted by Gasteiger charge is -2.35. The largest absolute Gasteiger partial charge is 0.416 e. The summed E-state index contributed by atoms with van der Waals surface area (Å²) in [5.74, 6) is 0.207. The summed E-state index contributed by atoms with van der Waals surface area (Å²) < 4.78 is 55.3. The van der Waals surface area contributed by atoms with Gasteiger partial charge in [-0.2, -0.15) is 22.5 Å². The second-order valence-corrected chi connectivity index (χ2v) is 7.63. The summed E-state index contributed by atoms with van der Waals surface area (Å²) in [5.41, 5.74) is 1.04. The molecular formula is C20H19F4N5S. The highest BCUT2D eigenvalue weighted by atomic mass is 32.1. The lowest BCUT2D eigenvalue weighted by atomic mass is 10.1. The van der Waals surface area contributed by atoms with Crippen LogP contribution in [0.4, 0.5) is 34.3 Å². The molecule has 5 nitrogen and oxygen atoms in total. The highest BCUT2D eigenvalue weighted by Gasteiger charge is 2.29. The van der Waals surface area contributed by atoms with Crippen LogP contribution in [0, 0.1) is 5.82 Å². The number of benzene rings is 2. The monoisotopic (exact) mass is 437 g/mol. The molecule has 1 fully saturated rings. The number of hydrogen-bond acceptors (Lipinski definition) is 6. The average Bonchev–Trinajstić information content (AvgIpc) is 3.22. The van der Waals surface area contributed by atoms with E-state index >= 15 is 0 Å². The van der Waals surface area contributed by atoms with Gasteiger partial charge in [-0.05, 0) is 42.0 Å². The quantitative estimate of drug-likeness (QED) is 0.590. The number of anilines is 3. The fourth-order valence-corrected chi connectivity index (χ4v) is 3.92. The number of nitrogens with one attached hydrogen (secondary N) is 1. The van der Waals surface area contributed by atoms with E-state index < -0.39 is 11.7 Å². The van der Waals surface area contributed by atoms with E-state index in [1.165, 1.54) is 35.8 Å². The summed E-state index contributed by atoms with van der Waals surface area (Å²) in [6.45, 7) is 3.46. The molecule has 1 aliphatic heterocycles. The molecule has 0 amide bonds. The molecule has 10 heteroatoms. The fourth-order valence-electron chi connectivity index (χ4n) is 3.22. The second kappa shape index (κ2) is 8.47. The standard InChI is InChI=1S/C20H19F4N5S/c21-16-5-7-17(8-6-16)28-9-11-29(12-10-28)19-26-18(27-30-19)25-13-14-1-3-15(4-2-14)20(22,23)24/h1-8H,9-13H2,(H,25,27). The normalized spacial score (nSPS) is 14.8. The molecule has 158 valence electrons. The molecule has 0 radical (unpaired) electrons. The van der Waals surface area contributed by atoms with Gasteiger partial charge < -0.3 is 15.1 Å². The molecular weight excluding hydrogens is 418 g/mol. The maximum Gasteiger partial charge on any atom is 0.416 e. The zero-order chi connectivity index (χ0) is 21.1. The van der Waals surface area contributed by atoms with E-state index in [1.807, 2.05) is 0 Å². The van der Waals surface area contributed by atoms with Gasteiger partial charge in [0.1, 0.15) is 5.82 Å². The van der Waals surface area contributed by atoms with Gasteiger partial charge in [0, 0.05) is 49.9 Å². The smallest absolute Gasteiger partial charge is 0.368 e. The van der Waals surface area contributed by atoms with Crippen molar-refractivity contribution in [3.63, 3.8) is 0 Å². The predicted molar refractivity (Wildman–Crippen MR) is 110 cm³/mol. The lowest BCUT2D eigenvalue weighted by Crippen LogP contribution is -2.46. The topological polar surface area (TPSA) is 44.3 Å². The molecule has 3 aromatic rings. The van der Waals surface area contributed by atoms with Gasteiger partial charge in [0.15, 0.2) is 0 Å². The summed E-state index contributed by atoms with van der Waals surface area (Å²) in [4.78, 5) is 8.82. The van der Waals surface area contributed by atoms with Crippen LogP contribution in [0.1, 0.15) is 11.1 Å². The first kappa shape index (κ1) is 20.4. The van der Waals surface area contributed by atoms with Crippen LogP contribution < -0.4 is 15.1 Å². The van der Waals surface area contributed by atoms with Gasteiger partial charge in [-0.25, -0.2) is 4.39 Å². The molecule has 1 saturated heterocycles. The zero-order valence-electron chi connectivity index (χ0n) is 15.9. The minimum Gasteiger partial charge on any atom is -0.368 e. The Kier molecular flexibility index (Phi) is 5.76. The van der Waals surface area contributed by atoms with Gasteiger partial charge in [-0.3, -0.25) is 0 Å². The molecule has 0 aliphatic carbocycles. The molecule has 1 N–H and O–H groups in total. The van der Waals surface area contributed by atoms with E-state index in [9.17, 15) is 17.6 Å². The molecule has 0 atom stereocenters. The van der Waals surface area contributed by atoms with Crippen molar-refractivity contribution in [2.24, 2.45) is 0 Å². The van der Waals surface area contributed by atoms with Gasteiger partial charge in [-0.1, -0.05) is 12.1 Å². The van der Waals surface area contributed by atoms with E-state index in [0.717, 1.165) is 49.1 Å².